The van der Waals surface area contributed by atoms with Crippen LogP contribution in [-0.2, 0) is 21.4 Å². The Balaban J connectivity index is 1.42. The van der Waals surface area contributed by atoms with Crippen LogP contribution in [0.2, 0.25) is 0 Å². The Labute approximate surface area is 221 Å². The summed E-state index contributed by atoms with van der Waals surface area (Å²) in [5, 5.41) is 13.9. The number of fused-ring (bicyclic) bond motifs is 2. The van der Waals surface area contributed by atoms with Gasteiger partial charge in [0.15, 0.2) is 5.52 Å². The lowest BCUT2D eigenvalue weighted by molar-refractivity contribution is -0.141. The van der Waals surface area contributed by atoms with Gasteiger partial charge in [-0.2, -0.15) is 0 Å². The molecular formula is C27H25BrN4O5. The van der Waals surface area contributed by atoms with Crippen LogP contribution in [0.25, 0.3) is 11.0 Å². The smallest absolute Gasteiger partial charge is 0.309 e. The SMILES string of the molecule is CC#CC(=O)N(c1ccc2c(n1)c(O[C@@H]1CO[C@@H]3[C@@H](C(=O)O)[C@@H]31)nn2C)c1cc(C)c(Br)cc1C1CC1. The van der Waals surface area contributed by atoms with E-state index in [1.165, 1.54) is 0 Å². The molecule has 0 radical (unpaired) electrons. The first-order chi connectivity index (χ1) is 17.8. The number of pyridine rings is 1. The summed E-state index contributed by atoms with van der Waals surface area (Å²) in [6.07, 6.45) is 1.40. The molecule has 1 aliphatic heterocycles. The highest BCUT2D eigenvalue weighted by Crippen LogP contribution is 2.51. The van der Waals surface area contributed by atoms with Gasteiger partial charge in [0.2, 0.25) is 0 Å². The fourth-order valence-electron chi connectivity index (χ4n) is 5.24. The highest BCUT2D eigenvalue weighted by Gasteiger charge is 2.65. The highest BCUT2D eigenvalue weighted by molar-refractivity contribution is 9.10. The van der Waals surface area contributed by atoms with Gasteiger partial charge in [-0.05, 0) is 73.9 Å². The first-order valence-electron chi connectivity index (χ1n) is 12.2. The van der Waals surface area contributed by atoms with Crippen molar-refractivity contribution in [1.82, 2.24) is 14.8 Å². The fraction of sp³-hybridized carbons (Fsp3) is 0.407. The Morgan fingerprint density at radius 1 is 1.30 bits per heavy atom. The first-order valence-corrected chi connectivity index (χ1v) is 13.0. The van der Waals surface area contributed by atoms with E-state index in [1.807, 2.05) is 19.1 Å². The average molecular weight is 565 g/mol. The van der Waals surface area contributed by atoms with Crippen molar-refractivity contribution in [3.8, 4) is 17.7 Å². The Kier molecular flexibility index (Phi) is 5.73. The van der Waals surface area contributed by atoms with E-state index in [0.29, 0.717) is 23.9 Å². The summed E-state index contributed by atoms with van der Waals surface area (Å²) in [4.78, 5) is 31.2. The van der Waals surface area contributed by atoms with Crippen LogP contribution >= 0.6 is 15.9 Å². The molecular weight excluding hydrogens is 540 g/mol. The van der Waals surface area contributed by atoms with Gasteiger partial charge in [0.05, 0.1) is 29.8 Å². The van der Waals surface area contributed by atoms with E-state index in [2.05, 4.69) is 38.9 Å². The van der Waals surface area contributed by atoms with E-state index < -0.39 is 18.0 Å². The molecule has 2 aromatic heterocycles. The van der Waals surface area contributed by atoms with Crippen LogP contribution < -0.4 is 9.64 Å². The van der Waals surface area contributed by atoms with Gasteiger partial charge in [-0.15, -0.1) is 5.10 Å². The largest absolute Gasteiger partial charge is 0.481 e. The molecule has 1 saturated heterocycles. The van der Waals surface area contributed by atoms with Crippen molar-refractivity contribution in [3.05, 3.63) is 39.9 Å². The maximum atomic E-state index is 13.4. The monoisotopic (exact) mass is 564 g/mol. The number of amides is 1. The average Bonchev–Trinajstić information content (AvgIpc) is 3.77. The number of benzene rings is 1. The minimum Gasteiger partial charge on any atom is -0.481 e. The Morgan fingerprint density at radius 3 is 2.76 bits per heavy atom. The van der Waals surface area contributed by atoms with E-state index >= 15 is 0 Å². The van der Waals surface area contributed by atoms with E-state index in [1.54, 1.807) is 29.6 Å². The van der Waals surface area contributed by atoms with Crippen molar-refractivity contribution in [2.45, 2.75) is 44.8 Å². The summed E-state index contributed by atoms with van der Waals surface area (Å²) >= 11 is 3.64. The molecule has 3 heterocycles. The molecule has 0 bridgehead atoms. The number of carbonyl (C=O) groups excluding carboxylic acids is 1. The van der Waals surface area contributed by atoms with E-state index in [0.717, 1.165) is 39.6 Å². The van der Waals surface area contributed by atoms with Gasteiger partial charge >= 0.3 is 11.9 Å². The lowest BCUT2D eigenvalue weighted by Crippen LogP contribution is -2.27. The molecule has 1 N–H and O–H groups in total. The van der Waals surface area contributed by atoms with Gasteiger partial charge in [-0.25, -0.2) is 4.98 Å². The fourth-order valence-corrected chi connectivity index (χ4v) is 5.60. The molecule has 0 spiro atoms. The normalized spacial score (nSPS) is 23.8. The molecule has 3 fully saturated rings. The number of halogens is 1. The Bertz CT molecular complexity index is 1520. The van der Waals surface area contributed by atoms with Crippen LogP contribution in [-0.4, -0.2) is 50.6 Å². The molecule has 2 aliphatic carbocycles. The van der Waals surface area contributed by atoms with Crippen LogP contribution in [0.15, 0.2) is 28.7 Å². The zero-order valence-electron chi connectivity index (χ0n) is 20.6. The maximum absolute atomic E-state index is 13.4. The number of hydrogen-bond acceptors (Lipinski definition) is 6. The number of aromatic nitrogens is 3. The van der Waals surface area contributed by atoms with Crippen LogP contribution in [0.1, 0.15) is 36.8 Å². The molecule has 6 rings (SSSR count). The van der Waals surface area contributed by atoms with Gasteiger partial charge in [-0.3, -0.25) is 19.2 Å². The number of carboxylic acids is 1. The molecule has 9 nitrogen and oxygen atoms in total. The first kappa shape index (κ1) is 23.9. The number of ether oxygens (including phenoxy) is 2. The van der Waals surface area contributed by atoms with Crippen LogP contribution in [0.4, 0.5) is 11.5 Å². The summed E-state index contributed by atoms with van der Waals surface area (Å²) < 4.78 is 14.4. The number of anilines is 2. The van der Waals surface area contributed by atoms with Crippen molar-refractivity contribution in [2.75, 3.05) is 11.5 Å². The molecule has 3 aliphatic rings. The number of nitrogens with zero attached hydrogens (tertiary/aromatic N) is 4. The van der Waals surface area contributed by atoms with Crippen molar-refractivity contribution >= 4 is 50.3 Å². The van der Waals surface area contributed by atoms with Gasteiger partial charge < -0.3 is 14.6 Å². The lowest BCUT2D eigenvalue weighted by Gasteiger charge is -2.24. The highest BCUT2D eigenvalue weighted by atomic mass is 79.9. The number of carboxylic acid groups (broad SMARTS) is 1. The summed E-state index contributed by atoms with van der Waals surface area (Å²) in [5.74, 6) is 4.46. The topological polar surface area (TPSA) is 107 Å². The van der Waals surface area contributed by atoms with Crippen LogP contribution in [0.3, 0.4) is 0 Å². The number of rotatable bonds is 6. The lowest BCUT2D eigenvalue weighted by atomic mass is 10.0. The van der Waals surface area contributed by atoms with Gasteiger partial charge in [0, 0.05) is 17.4 Å². The van der Waals surface area contributed by atoms with Crippen LogP contribution in [0.5, 0.6) is 5.88 Å². The number of aryl methyl sites for hydroxylation is 2. The Morgan fingerprint density at radius 2 is 2.08 bits per heavy atom. The predicted octanol–water partition coefficient (Wildman–Crippen LogP) is 4.08. The Hall–Kier alpha value is -3.42. The zero-order valence-corrected chi connectivity index (χ0v) is 22.2. The zero-order chi connectivity index (χ0) is 26.0. The number of hydrogen-bond donors (Lipinski definition) is 1. The molecule has 1 amide bonds. The second-order valence-electron chi connectivity index (χ2n) is 9.81. The van der Waals surface area contributed by atoms with E-state index in [-0.39, 0.29) is 23.8 Å². The number of aliphatic carboxylic acids is 1. The summed E-state index contributed by atoms with van der Waals surface area (Å²) in [7, 11) is 1.79. The minimum absolute atomic E-state index is 0.206. The molecule has 3 aromatic rings. The standard InChI is InChI=1S/C27H25BrN4O5/c1-4-5-21(33)32(18-10-13(2)16(28)11-15(18)14-6-7-14)20-9-8-17-24(29-20)26(30-31(17)3)37-19-12-36-25-22(19)23(25)27(34)35/h8-11,14,19,22-23,25H,6-7,12H2,1-3H3,(H,34,35)/t19-,22+,23+,25+/m1/s1. The van der Waals surface area contributed by atoms with Crippen LogP contribution in [0, 0.1) is 30.6 Å². The molecule has 4 atom stereocenters. The molecule has 10 heteroatoms. The minimum atomic E-state index is -0.878. The van der Waals surface area contributed by atoms with Gasteiger partial charge in [-0.1, -0.05) is 21.9 Å². The third kappa shape index (κ3) is 4.06. The maximum Gasteiger partial charge on any atom is 0.309 e. The van der Waals surface area contributed by atoms with E-state index in [4.69, 9.17) is 14.5 Å². The summed E-state index contributed by atoms with van der Waals surface area (Å²) in [5.41, 5.74) is 4.06. The third-order valence-corrected chi connectivity index (χ3v) is 8.17. The van der Waals surface area contributed by atoms with E-state index in [9.17, 15) is 14.7 Å². The second kappa shape index (κ2) is 8.85. The van der Waals surface area contributed by atoms with Crippen molar-refractivity contribution in [3.63, 3.8) is 0 Å². The summed E-state index contributed by atoms with van der Waals surface area (Å²) in [6.45, 7) is 3.92. The second-order valence-corrected chi connectivity index (χ2v) is 10.7. The molecule has 37 heavy (non-hydrogen) atoms. The molecule has 1 aromatic carbocycles. The predicted molar refractivity (Wildman–Crippen MR) is 139 cm³/mol. The third-order valence-electron chi connectivity index (χ3n) is 7.32. The van der Waals surface area contributed by atoms with Crippen molar-refractivity contribution < 1.29 is 24.2 Å². The molecule has 2 saturated carbocycles. The number of carbonyl (C=O) groups is 2. The quantitative estimate of drug-likeness (QED) is 0.449. The molecule has 190 valence electrons. The van der Waals surface area contributed by atoms with Crippen molar-refractivity contribution in [2.24, 2.45) is 18.9 Å². The van der Waals surface area contributed by atoms with Gasteiger partial charge in [0.1, 0.15) is 11.9 Å². The summed E-state index contributed by atoms with van der Waals surface area (Å²) in [6, 6.07) is 7.72. The molecule has 0 unspecified atom stereocenters. The van der Waals surface area contributed by atoms with Gasteiger partial charge in [0.25, 0.3) is 5.88 Å². The van der Waals surface area contributed by atoms with Crippen molar-refractivity contribution in [1.29, 1.82) is 0 Å².